The average molecular weight is 437 g/mol. The van der Waals surface area contributed by atoms with Gasteiger partial charge in [0.2, 0.25) is 0 Å². The number of cyclic esters (lactones) is 2. The number of carbonyl (C=O) groups excluding carboxylic acids is 2. The molecule has 29 heavy (non-hydrogen) atoms. The highest BCUT2D eigenvalue weighted by molar-refractivity contribution is 8.39. The van der Waals surface area contributed by atoms with Crippen LogP contribution in [0.15, 0.2) is 33.7 Å². The van der Waals surface area contributed by atoms with Crippen molar-refractivity contribution in [2.45, 2.75) is 38.4 Å². The minimum atomic E-state index is -1.40. The number of hydrogen-bond acceptors (Lipinski definition) is 9. The zero-order valence-corrected chi connectivity index (χ0v) is 18.0. The van der Waals surface area contributed by atoms with E-state index in [1.807, 2.05) is 0 Å². The van der Waals surface area contributed by atoms with Crippen molar-refractivity contribution in [2.75, 3.05) is 12.3 Å². The number of esters is 2. The molecule has 8 nitrogen and oxygen atoms in total. The Hall–Kier alpha value is -2.33. The van der Waals surface area contributed by atoms with Gasteiger partial charge in [-0.2, -0.15) is 0 Å². The van der Waals surface area contributed by atoms with E-state index in [9.17, 15) is 19.7 Å². The molecule has 3 rings (SSSR count). The number of nitrogens with zero attached hydrogens (tertiary/aromatic N) is 2. The Bertz CT molecular complexity index is 929. The van der Waals surface area contributed by atoms with Crippen LogP contribution >= 0.6 is 23.5 Å². The minimum Gasteiger partial charge on any atom is -0.418 e. The molecule has 2 heterocycles. The summed E-state index contributed by atoms with van der Waals surface area (Å²) in [5.41, 5.74) is -0.734. The molecular weight excluding hydrogens is 416 g/mol. The summed E-state index contributed by atoms with van der Waals surface area (Å²) < 4.78 is 11.5. The molecule has 1 aromatic rings. The van der Waals surface area contributed by atoms with Crippen molar-refractivity contribution in [1.82, 2.24) is 0 Å². The van der Waals surface area contributed by atoms with Crippen LogP contribution in [-0.4, -0.2) is 39.3 Å². The number of rotatable bonds is 3. The van der Waals surface area contributed by atoms with Gasteiger partial charge in [-0.1, -0.05) is 50.4 Å². The van der Waals surface area contributed by atoms with Gasteiger partial charge in [0.25, 0.3) is 11.5 Å². The van der Waals surface area contributed by atoms with Gasteiger partial charge >= 0.3 is 11.9 Å². The Morgan fingerprint density at radius 1 is 1.28 bits per heavy atom. The van der Waals surface area contributed by atoms with Gasteiger partial charge in [-0.15, -0.1) is 0 Å². The van der Waals surface area contributed by atoms with Crippen LogP contribution in [0.25, 0.3) is 6.08 Å². The van der Waals surface area contributed by atoms with Crippen molar-refractivity contribution in [1.29, 1.82) is 0 Å². The number of nitro benzene ring substituents is 1. The van der Waals surface area contributed by atoms with Crippen molar-refractivity contribution < 1.29 is 24.0 Å². The molecule has 0 N–H and O–H groups in total. The molecule has 0 aliphatic carbocycles. The van der Waals surface area contributed by atoms with E-state index in [-0.39, 0.29) is 11.3 Å². The first-order chi connectivity index (χ1) is 13.5. The summed E-state index contributed by atoms with van der Waals surface area (Å²) in [4.78, 5) is 40.6. The molecule has 0 atom stereocenters. The molecule has 0 bridgehead atoms. The fraction of sp³-hybridized carbons (Fsp3) is 0.421. The molecule has 2 aliphatic rings. The molecule has 0 aromatic heterocycles. The molecule has 1 fully saturated rings. The third-order valence-electron chi connectivity index (χ3n) is 4.62. The van der Waals surface area contributed by atoms with E-state index >= 15 is 0 Å². The molecule has 0 spiro atoms. The van der Waals surface area contributed by atoms with Gasteiger partial charge in [0.05, 0.1) is 16.4 Å². The first-order valence-electron chi connectivity index (χ1n) is 8.82. The third kappa shape index (κ3) is 4.48. The second kappa shape index (κ2) is 7.83. The molecule has 0 radical (unpaired) electrons. The summed E-state index contributed by atoms with van der Waals surface area (Å²) in [7, 11) is 0. The van der Waals surface area contributed by atoms with E-state index in [4.69, 9.17) is 9.47 Å². The van der Waals surface area contributed by atoms with E-state index < -0.39 is 28.1 Å². The Balaban J connectivity index is 1.90. The fourth-order valence-corrected chi connectivity index (χ4v) is 4.50. The summed E-state index contributed by atoms with van der Waals surface area (Å²) in [5.74, 6) is -2.18. The van der Waals surface area contributed by atoms with Crippen molar-refractivity contribution in [3.8, 4) is 0 Å². The van der Waals surface area contributed by atoms with Gasteiger partial charge in [0, 0.05) is 24.2 Å². The molecule has 0 unspecified atom stereocenters. The molecule has 0 amide bonds. The lowest BCUT2D eigenvalue weighted by Gasteiger charge is -2.42. The van der Waals surface area contributed by atoms with Crippen LogP contribution in [0.4, 0.5) is 5.69 Å². The number of hydrogen-bond donors (Lipinski definition) is 0. The monoisotopic (exact) mass is 436 g/mol. The molecule has 2 aliphatic heterocycles. The SMILES string of the molecule is CC(C)(C)C1(C)OC(=O)C(=Cc2ccc(SC3=NCCS3)c([N+](=O)[O-])c2)C(=O)O1. The Morgan fingerprint density at radius 3 is 2.45 bits per heavy atom. The average Bonchev–Trinajstić information content (AvgIpc) is 3.11. The second-order valence-electron chi connectivity index (χ2n) is 7.62. The minimum absolute atomic E-state index is 0.128. The molecule has 154 valence electrons. The second-order valence-corrected chi connectivity index (χ2v) is 9.99. The summed E-state index contributed by atoms with van der Waals surface area (Å²) in [5, 5.41) is 11.5. The maximum atomic E-state index is 12.4. The van der Waals surface area contributed by atoms with Crippen molar-refractivity contribution in [3.63, 3.8) is 0 Å². The number of aliphatic imine (C=N–C) groups is 1. The number of ether oxygens (including phenoxy) is 2. The van der Waals surface area contributed by atoms with Gasteiger partial charge < -0.3 is 9.47 Å². The molecule has 1 saturated heterocycles. The van der Waals surface area contributed by atoms with Crippen LogP contribution in [0, 0.1) is 15.5 Å². The highest BCUT2D eigenvalue weighted by Gasteiger charge is 2.50. The maximum Gasteiger partial charge on any atom is 0.348 e. The Kier molecular flexibility index (Phi) is 5.77. The fourth-order valence-electron chi connectivity index (χ4n) is 2.48. The maximum absolute atomic E-state index is 12.4. The van der Waals surface area contributed by atoms with E-state index in [1.165, 1.54) is 30.8 Å². The lowest BCUT2D eigenvalue weighted by molar-refractivity contribution is -0.387. The lowest BCUT2D eigenvalue weighted by atomic mass is 9.85. The molecular formula is C19H20N2O6S2. The van der Waals surface area contributed by atoms with Gasteiger partial charge in [-0.05, 0) is 17.7 Å². The van der Waals surface area contributed by atoms with Crippen LogP contribution in [0.2, 0.25) is 0 Å². The number of carbonyl (C=O) groups is 2. The summed E-state index contributed by atoms with van der Waals surface area (Å²) in [6.07, 6.45) is 1.25. The summed E-state index contributed by atoms with van der Waals surface area (Å²) in [6.45, 7) is 7.59. The Morgan fingerprint density at radius 2 is 1.93 bits per heavy atom. The van der Waals surface area contributed by atoms with Crippen LogP contribution in [-0.2, 0) is 19.1 Å². The highest BCUT2D eigenvalue weighted by atomic mass is 32.2. The quantitative estimate of drug-likeness (QED) is 0.230. The zero-order chi connectivity index (χ0) is 21.4. The Labute approximate surface area is 176 Å². The van der Waals surface area contributed by atoms with E-state index in [0.29, 0.717) is 17.0 Å². The lowest BCUT2D eigenvalue weighted by Crippen LogP contribution is -2.52. The van der Waals surface area contributed by atoms with Gasteiger partial charge in [-0.3, -0.25) is 15.1 Å². The van der Waals surface area contributed by atoms with E-state index in [1.54, 1.807) is 44.7 Å². The van der Waals surface area contributed by atoms with Gasteiger partial charge in [-0.25, -0.2) is 9.59 Å². The van der Waals surface area contributed by atoms with Gasteiger partial charge in [0.15, 0.2) is 0 Å². The first-order valence-corrected chi connectivity index (χ1v) is 10.6. The highest BCUT2D eigenvalue weighted by Crippen LogP contribution is 2.40. The van der Waals surface area contributed by atoms with Crippen molar-refractivity contribution in [3.05, 3.63) is 39.4 Å². The molecule has 0 saturated carbocycles. The summed E-state index contributed by atoms with van der Waals surface area (Å²) in [6, 6.07) is 4.49. The van der Waals surface area contributed by atoms with Crippen molar-refractivity contribution in [2.24, 2.45) is 10.4 Å². The number of benzene rings is 1. The molecule has 10 heteroatoms. The smallest absolute Gasteiger partial charge is 0.348 e. The normalized spacial score (nSPS) is 22.1. The number of thioether (sulfide) groups is 2. The topological polar surface area (TPSA) is 108 Å². The zero-order valence-electron chi connectivity index (χ0n) is 16.4. The standard InChI is InChI=1S/C19H20N2O6S2/c1-18(2,3)19(4)26-15(22)12(16(23)27-19)9-11-5-6-14(13(10-11)21(24)25)29-17-20-7-8-28-17/h5-6,9-10H,7-8H2,1-4H3. The van der Waals surface area contributed by atoms with Gasteiger partial charge in [0.1, 0.15) is 9.95 Å². The largest absolute Gasteiger partial charge is 0.418 e. The van der Waals surface area contributed by atoms with Crippen LogP contribution in [0.5, 0.6) is 0 Å². The van der Waals surface area contributed by atoms with E-state index in [2.05, 4.69) is 4.99 Å². The number of nitro groups is 1. The first kappa shape index (κ1) is 21.4. The van der Waals surface area contributed by atoms with Crippen LogP contribution < -0.4 is 0 Å². The van der Waals surface area contributed by atoms with Crippen LogP contribution in [0.3, 0.4) is 0 Å². The predicted molar refractivity (Wildman–Crippen MR) is 112 cm³/mol. The third-order valence-corrected chi connectivity index (χ3v) is 6.86. The van der Waals surface area contributed by atoms with E-state index in [0.717, 1.165) is 10.1 Å². The van der Waals surface area contributed by atoms with Crippen molar-refractivity contribution >= 4 is 51.6 Å². The molecule has 1 aromatic carbocycles. The van der Waals surface area contributed by atoms with Crippen LogP contribution in [0.1, 0.15) is 33.3 Å². The summed E-state index contributed by atoms with van der Waals surface area (Å²) >= 11 is 2.78. The predicted octanol–water partition coefficient (Wildman–Crippen LogP) is 4.04.